The highest BCUT2D eigenvalue weighted by molar-refractivity contribution is 6.88. The molecule has 0 aliphatic heterocycles. The van der Waals surface area contributed by atoms with Gasteiger partial charge in [0.05, 0.1) is 18.8 Å². The van der Waals surface area contributed by atoms with Crippen molar-refractivity contribution in [1.82, 2.24) is 0 Å². The van der Waals surface area contributed by atoms with Crippen LogP contribution in [0.25, 0.3) is 0 Å². The third kappa shape index (κ3) is 3.61. The Bertz CT molecular complexity index is 590. The molecule has 0 aromatic heterocycles. The second-order valence-corrected chi connectivity index (χ2v) is 11.4. The molecule has 0 bridgehead atoms. The van der Waals surface area contributed by atoms with Crippen LogP contribution in [0.1, 0.15) is 5.56 Å². The van der Waals surface area contributed by atoms with Crippen molar-refractivity contribution in [2.45, 2.75) is 26.2 Å². The Balaban J connectivity index is 2.06. The Kier molecular flexibility index (Phi) is 4.51. The van der Waals surface area contributed by atoms with Crippen molar-refractivity contribution in [2.24, 2.45) is 0 Å². The summed E-state index contributed by atoms with van der Waals surface area (Å²) in [6, 6.07) is 13.5. The van der Waals surface area contributed by atoms with E-state index in [1.165, 1.54) is 5.19 Å². The first kappa shape index (κ1) is 15.1. The van der Waals surface area contributed by atoms with E-state index in [0.29, 0.717) is 12.2 Å². The molecule has 0 saturated heterocycles. The minimum atomic E-state index is -1.26. The molecule has 0 saturated carbocycles. The smallest absolute Gasteiger partial charge is 0.164 e. The van der Waals surface area contributed by atoms with Gasteiger partial charge in [0, 0.05) is 6.54 Å². The van der Waals surface area contributed by atoms with E-state index in [-0.39, 0.29) is 5.02 Å². The first-order chi connectivity index (χ1) is 9.38. The monoisotopic (exact) mass is 307 g/mol. The molecule has 0 spiro atoms. The van der Waals surface area contributed by atoms with E-state index < -0.39 is 13.9 Å². The standard InChI is InChI=1S/C16H19ClFNSi/c1-20(2,3)13-9-7-12(8-10-13)11-19-15-6-4-5-14(17)16(15)18/h4-10,19H,11H2,1-3H3. The minimum Gasteiger partial charge on any atom is -0.379 e. The molecule has 0 amide bonds. The number of halogens is 2. The number of anilines is 1. The maximum absolute atomic E-state index is 13.7. The molecule has 0 radical (unpaired) electrons. The molecule has 0 heterocycles. The van der Waals surface area contributed by atoms with Crippen molar-refractivity contribution in [3.63, 3.8) is 0 Å². The maximum Gasteiger partial charge on any atom is 0.164 e. The highest BCUT2D eigenvalue weighted by atomic mass is 35.5. The van der Waals surface area contributed by atoms with E-state index in [2.05, 4.69) is 49.2 Å². The summed E-state index contributed by atoms with van der Waals surface area (Å²) in [7, 11) is -1.26. The average Bonchev–Trinajstić information content (AvgIpc) is 2.40. The van der Waals surface area contributed by atoms with Crippen LogP contribution in [0.5, 0.6) is 0 Å². The summed E-state index contributed by atoms with van der Waals surface area (Å²) in [6.45, 7) is 7.55. The van der Waals surface area contributed by atoms with E-state index in [0.717, 1.165) is 5.56 Å². The molecule has 0 aliphatic rings. The van der Waals surface area contributed by atoms with Gasteiger partial charge in [0.15, 0.2) is 5.82 Å². The maximum atomic E-state index is 13.7. The summed E-state index contributed by atoms with van der Waals surface area (Å²) < 4.78 is 13.7. The fourth-order valence-corrected chi connectivity index (χ4v) is 3.30. The summed E-state index contributed by atoms with van der Waals surface area (Å²) in [5.41, 5.74) is 1.57. The quantitative estimate of drug-likeness (QED) is 0.812. The van der Waals surface area contributed by atoms with Gasteiger partial charge in [0.25, 0.3) is 0 Å². The first-order valence-corrected chi connectivity index (χ1v) is 10.5. The summed E-state index contributed by atoms with van der Waals surface area (Å²) in [4.78, 5) is 0. The third-order valence-corrected chi connectivity index (χ3v) is 5.61. The van der Waals surface area contributed by atoms with Gasteiger partial charge >= 0.3 is 0 Å². The van der Waals surface area contributed by atoms with Gasteiger partial charge in [-0.3, -0.25) is 0 Å². The van der Waals surface area contributed by atoms with Crippen molar-refractivity contribution in [3.05, 3.63) is 58.9 Å². The number of rotatable bonds is 4. The minimum absolute atomic E-state index is 0.143. The second-order valence-electron chi connectivity index (χ2n) is 5.90. The third-order valence-electron chi connectivity index (χ3n) is 3.25. The van der Waals surface area contributed by atoms with Crippen LogP contribution in [0.4, 0.5) is 10.1 Å². The fourth-order valence-electron chi connectivity index (χ4n) is 1.96. The lowest BCUT2D eigenvalue weighted by Crippen LogP contribution is -2.37. The van der Waals surface area contributed by atoms with Crippen LogP contribution in [0.15, 0.2) is 42.5 Å². The normalized spacial score (nSPS) is 11.4. The SMILES string of the molecule is C[Si](C)(C)c1ccc(CNc2cccc(Cl)c2F)cc1. The Morgan fingerprint density at radius 3 is 2.30 bits per heavy atom. The van der Waals surface area contributed by atoms with Crippen LogP contribution in [0.2, 0.25) is 24.7 Å². The predicted octanol–water partition coefficient (Wildman–Crippen LogP) is 4.64. The molecule has 2 aromatic rings. The molecular formula is C16H19ClFNSi. The zero-order chi connectivity index (χ0) is 14.8. The largest absolute Gasteiger partial charge is 0.379 e. The molecule has 0 unspecified atom stereocenters. The summed E-state index contributed by atoms with van der Waals surface area (Å²) in [5.74, 6) is -0.395. The van der Waals surface area contributed by atoms with Crippen LogP contribution in [0.3, 0.4) is 0 Å². The molecule has 1 N–H and O–H groups in total. The van der Waals surface area contributed by atoms with Crippen LogP contribution in [-0.4, -0.2) is 8.07 Å². The van der Waals surface area contributed by atoms with Crippen LogP contribution in [-0.2, 0) is 6.54 Å². The molecule has 0 aliphatic carbocycles. The van der Waals surface area contributed by atoms with E-state index >= 15 is 0 Å². The van der Waals surface area contributed by atoms with Gasteiger partial charge in [-0.05, 0) is 17.7 Å². The van der Waals surface area contributed by atoms with Crippen molar-refractivity contribution in [1.29, 1.82) is 0 Å². The topological polar surface area (TPSA) is 12.0 Å². The van der Waals surface area contributed by atoms with Crippen LogP contribution in [0, 0.1) is 5.82 Å². The van der Waals surface area contributed by atoms with Gasteiger partial charge in [-0.15, -0.1) is 0 Å². The lowest BCUT2D eigenvalue weighted by molar-refractivity contribution is 0.630. The highest BCUT2D eigenvalue weighted by Gasteiger charge is 2.15. The molecule has 0 atom stereocenters. The molecule has 2 aromatic carbocycles. The Morgan fingerprint density at radius 1 is 1.05 bits per heavy atom. The highest BCUT2D eigenvalue weighted by Crippen LogP contribution is 2.22. The number of nitrogens with one attached hydrogen (secondary N) is 1. The van der Waals surface area contributed by atoms with Crippen molar-refractivity contribution >= 4 is 30.5 Å². The van der Waals surface area contributed by atoms with Gasteiger partial charge < -0.3 is 5.32 Å². The van der Waals surface area contributed by atoms with Crippen LogP contribution < -0.4 is 10.5 Å². The number of hydrogen-bond acceptors (Lipinski definition) is 1. The molecule has 2 rings (SSSR count). The van der Waals surface area contributed by atoms with E-state index in [9.17, 15) is 4.39 Å². The Hall–Kier alpha value is -1.32. The molecular weight excluding hydrogens is 289 g/mol. The summed E-state index contributed by atoms with van der Waals surface area (Å²) in [6.07, 6.45) is 0. The Labute approximate surface area is 125 Å². The van der Waals surface area contributed by atoms with E-state index in [4.69, 9.17) is 11.6 Å². The summed E-state index contributed by atoms with van der Waals surface area (Å²) >= 11 is 5.76. The predicted molar refractivity (Wildman–Crippen MR) is 88.2 cm³/mol. The molecule has 106 valence electrons. The van der Waals surface area contributed by atoms with Gasteiger partial charge in [-0.25, -0.2) is 4.39 Å². The van der Waals surface area contributed by atoms with Gasteiger partial charge in [-0.2, -0.15) is 0 Å². The molecule has 4 heteroatoms. The second kappa shape index (κ2) is 5.98. The zero-order valence-corrected chi connectivity index (χ0v) is 13.8. The average molecular weight is 308 g/mol. The van der Waals surface area contributed by atoms with Crippen LogP contribution >= 0.6 is 11.6 Å². The molecule has 20 heavy (non-hydrogen) atoms. The van der Waals surface area contributed by atoms with E-state index in [1.54, 1.807) is 18.2 Å². The number of hydrogen-bond donors (Lipinski definition) is 1. The van der Waals surface area contributed by atoms with Crippen molar-refractivity contribution < 1.29 is 4.39 Å². The lowest BCUT2D eigenvalue weighted by Gasteiger charge is -2.17. The molecule has 0 fully saturated rings. The first-order valence-electron chi connectivity index (χ1n) is 6.65. The Morgan fingerprint density at radius 2 is 1.70 bits per heavy atom. The number of benzene rings is 2. The lowest BCUT2D eigenvalue weighted by atomic mass is 10.2. The summed E-state index contributed by atoms with van der Waals surface area (Å²) in [5, 5.41) is 4.65. The van der Waals surface area contributed by atoms with Crippen molar-refractivity contribution in [2.75, 3.05) is 5.32 Å². The van der Waals surface area contributed by atoms with Gasteiger partial charge in [0.1, 0.15) is 0 Å². The van der Waals surface area contributed by atoms with E-state index in [1.807, 2.05) is 0 Å². The van der Waals surface area contributed by atoms with Crippen molar-refractivity contribution in [3.8, 4) is 0 Å². The zero-order valence-electron chi connectivity index (χ0n) is 12.0. The molecule has 1 nitrogen and oxygen atoms in total. The van der Waals surface area contributed by atoms with Gasteiger partial charge in [-0.1, -0.05) is 66.8 Å². The van der Waals surface area contributed by atoms with Gasteiger partial charge in [0.2, 0.25) is 0 Å². The fraction of sp³-hybridized carbons (Fsp3) is 0.250.